The van der Waals surface area contributed by atoms with Crippen molar-refractivity contribution < 1.29 is 15.0 Å². The molecule has 0 atom stereocenters. The largest absolute Gasteiger partial charge is 0.504 e. The van der Waals surface area contributed by atoms with Crippen LogP contribution in [0.2, 0.25) is 0 Å². The summed E-state index contributed by atoms with van der Waals surface area (Å²) < 4.78 is 0. The molecule has 0 radical (unpaired) electrons. The number of phenols is 2. The van der Waals surface area contributed by atoms with Crippen LogP contribution in [0.15, 0.2) is 18.2 Å². The molecule has 0 bridgehead atoms. The third kappa shape index (κ3) is 7.59. The van der Waals surface area contributed by atoms with Gasteiger partial charge in [-0.15, -0.1) is 0 Å². The maximum Gasteiger partial charge on any atom is 0.220 e. The van der Waals surface area contributed by atoms with Gasteiger partial charge in [-0.25, -0.2) is 0 Å². The third-order valence-corrected chi connectivity index (χ3v) is 3.53. The van der Waals surface area contributed by atoms with E-state index in [1.165, 1.54) is 37.8 Å². The van der Waals surface area contributed by atoms with Gasteiger partial charge in [-0.1, -0.05) is 45.1 Å². The van der Waals surface area contributed by atoms with E-state index in [4.69, 9.17) is 0 Å². The Morgan fingerprint density at radius 1 is 1.05 bits per heavy atom. The molecule has 0 saturated carbocycles. The molecule has 21 heavy (non-hydrogen) atoms. The first-order valence-corrected chi connectivity index (χ1v) is 7.91. The first-order chi connectivity index (χ1) is 10.1. The van der Waals surface area contributed by atoms with Gasteiger partial charge in [-0.2, -0.15) is 0 Å². The highest BCUT2D eigenvalue weighted by atomic mass is 16.3. The lowest BCUT2D eigenvalue weighted by molar-refractivity contribution is -0.121. The zero-order valence-electron chi connectivity index (χ0n) is 12.9. The summed E-state index contributed by atoms with van der Waals surface area (Å²) >= 11 is 0. The van der Waals surface area contributed by atoms with Crippen LogP contribution in [-0.4, -0.2) is 22.7 Å². The molecule has 0 spiro atoms. The van der Waals surface area contributed by atoms with Crippen LogP contribution in [0, 0.1) is 0 Å². The minimum absolute atomic E-state index is 0.0912. The second kappa shape index (κ2) is 10.1. The highest BCUT2D eigenvalue weighted by Crippen LogP contribution is 2.24. The predicted octanol–water partition coefficient (Wildman–Crippen LogP) is 3.51. The van der Waals surface area contributed by atoms with Gasteiger partial charge in [0.25, 0.3) is 0 Å². The number of nitrogens with one attached hydrogen (secondary N) is 1. The number of hydrogen-bond acceptors (Lipinski definition) is 3. The van der Waals surface area contributed by atoms with Gasteiger partial charge >= 0.3 is 0 Å². The van der Waals surface area contributed by atoms with Crippen molar-refractivity contribution in [1.29, 1.82) is 0 Å². The Labute approximate surface area is 127 Å². The van der Waals surface area contributed by atoms with Crippen molar-refractivity contribution in [2.24, 2.45) is 0 Å². The Hall–Kier alpha value is -1.71. The molecule has 0 aliphatic rings. The number of carbonyl (C=O) groups excluding carboxylic acids is 1. The summed E-state index contributed by atoms with van der Waals surface area (Å²) in [5.41, 5.74) is 0.894. The first-order valence-electron chi connectivity index (χ1n) is 7.91. The number of amides is 1. The van der Waals surface area contributed by atoms with Crippen LogP contribution in [0.25, 0.3) is 0 Å². The van der Waals surface area contributed by atoms with Crippen molar-refractivity contribution in [1.82, 2.24) is 5.32 Å². The molecule has 0 aliphatic carbocycles. The molecule has 1 amide bonds. The molecule has 1 aromatic carbocycles. The first kappa shape index (κ1) is 17.3. The van der Waals surface area contributed by atoms with Crippen LogP contribution in [0.3, 0.4) is 0 Å². The van der Waals surface area contributed by atoms with E-state index in [1.54, 1.807) is 6.07 Å². The Morgan fingerprint density at radius 3 is 2.48 bits per heavy atom. The third-order valence-electron chi connectivity index (χ3n) is 3.53. The van der Waals surface area contributed by atoms with Crippen LogP contribution in [0.4, 0.5) is 0 Å². The van der Waals surface area contributed by atoms with E-state index in [-0.39, 0.29) is 17.4 Å². The van der Waals surface area contributed by atoms with Crippen molar-refractivity contribution in [2.45, 2.75) is 58.3 Å². The zero-order chi connectivity index (χ0) is 15.5. The topological polar surface area (TPSA) is 69.6 Å². The summed E-state index contributed by atoms with van der Waals surface area (Å²) in [7, 11) is 0. The quantitative estimate of drug-likeness (QED) is 0.457. The fraction of sp³-hybridized carbons (Fsp3) is 0.588. The van der Waals surface area contributed by atoms with E-state index in [9.17, 15) is 15.0 Å². The Kier molecular flexibility index (Phi) is 8.32. The Morgan fingerprint density at radius 2 is 1.76 bits per heavy atom. The molecule has 3 N–H and O–H groups in total. The lowest BCUT2D eigenvalue weighted by Crippen LogP contribution is -2.25. The van der Waals surface area contributed by atoms with Crippen molar-refractivity contribution >= 4 is 5.91 Å². The molecule has 0 fully saturated rings. The fourth-order valence-electron chi connectivity index (χ4n) is 2.23. The van der Waals surface area contributed by atoms with Crippen molar-refractivity contribution in [3.63, 3.8) is 0 Å². The van der Waals surface area contributed by atoms with E-state index < -0.39 is 0 Å². The van der Waals surface area contributed by atoms with Crippen LogP contribution < -0.4 is 5.32 Å². The van der Waals surface area contributed by atoms with Gasteiger partial charge in [0.15, 0.2) is 11.5 Å². The molecule has 4 heteroatoms. The summed E-state index contributed by atoms with van der Waals surface area (Å²) in [6.07, 6.45) is 8.33. The Balaban J connectivity index is 2.09. The normalized spacial score (nSPS) is 10.5. The molecule has 0 aromatic heterocycles. The van der Waals surface area contributed by atoms with E-state index >= 15 is 0 Å². The molecular formula is C17H27NO3. The second-order valence-corrected chi connectivity index (χ2v) is 5.44. The number of phenolic OH excluding ortho intramolecular Hbond substituents is 2. The van der Waals surface area contributed by atoms with Gasteiger partial charge in [-0.05, 0) is 30.5 Å². The molecule has 0 heterocycles. The number of rotatable bonds is 10. The maximum absolute atomic E-state index is 11.6. The van der Waals surface area contributed by atoms with Crippen LogP contribution >= 0.6 is 0 Å². The average molecular weight is 293 g/mol. The van der Waals surface area contributed by atoms with Gasteiger partial charge in [0.05, 0.1) is 0 Å². The standard InChI is InChI=1S/C17H27NO3/c1-2-3-4-5-6-7-8-17(21)18-12-11-14-9-10-15(19)16(20)13-14/h9-10,13,19-20H,2-8,11-12H2,1H3,(H,18,21). The van der Waals surface area contributed by atoms with Crippen LogP contribution in [0.1, 0.15) is 57.4 Å². The van der Waals surface area contributed by atoms with Crippen molar-refractivity contribution in [2.75, 3.05) is 6.54 Å². The molecule has 1 aromatic rings. The number of aromatic hydroxyl groups is 2. The fourth-order valence-corrected chi connectivity index (χ4v) is 2.23. The molecule has 0 aliphatic heterocycles. The monoisotopic (exact) mass is 293 g/mol. The number of benzene rings is 1. The highest BCUT2D eigenvalue weighted by Gasteiger charge is 2.03. The molecular weight excluding hydrogens is 266 g/mol. The van der Waals surface area contributed by atoms with Crippen LogP contribution in [-0.2, 0) is 11.2 Å². The highest BCUT2D eigenvalue weighted by molar-refractivity contribution is 5.75. The minimum Gasteiger partial charge on any atom is -0.504 e. The molecule has 0 unspecified atom stereocenters. The number of carbonyl (C=O) groups is 1. The van der Waals surface area contributed by atoms with Gasteiger partial charge in [0, 0.05) is 13.0 Å². The van der Waals surface area contributed by atoms with E-state index in [0.29, 0.717) is 19.4 Å². The van der Waals surface area contributed by atoms with Gasteiger partial charge < -0.3 is 15.5 Å². The molecule has 0 saturated heterocycles. The van der Waals surface area contributed by atoms with Crippen LogP contribution in [0.5, 0.6) is 11.5 Å². The summed E-state index contributed by atoms with van der Waals surface area (Å²) in [5, 5.41) is 21.5. The predicted molar refractivity (Wildman–Crippen MR) is 84.5 cm³/mol. The zero-order valence-corrected chi connectivity index (χ0v) is 12.9. The van der Waals surface area contributed by atoms with Crippen molar-refractivity contribution in [3.8, 4) is 11.5 Å². The summed E-state index contributed by atoms with van der Waals surface area (Å²) in [4.78, 5) is 11.6. The molecule has 4 nitrogen and oxygen atoms in total. The average Bonchev–Trinajstić information content (AvgIpc) is 2.46. The lowest BCUT2D eigenvalue weighted by Gasteiger charge is -2.06. The molecule has 118 valence electrons. The Bertz CT molecular complexity index is 432. The number of hydrogen-bond donors (Lipinski definition) is 3. The van der Waals surface area contributed by atoms with Gasteiger partial charge in [0.2, 0.25) is 5.91 Å². The summed E-state index contributed by atoms with van der Waals surface area (Å²) in [6.45, 7) is 2.75. The second-order valence-electron chi connectivity index (χ2n) is 5.44. The smallest absolute Gasteiger partial charge is 0.220 e. The molecule has 1 rings (SSSR count). The summed E-state index contributed by atoms with van der Waals surface area (Å²) in [6, 6.07) is 4.73. The minimum atomic E-state index is -0.120. The van der Waals surface area contributed by atoms with E-state index in [1.807, 2.05) is 0 Å². The van der Waals surface area contributed by atoms with Gasteiger partial charge in [0.1, 0.15) is 0 Å². The van der Waals surface area contributed by atoms with Crippen molar-refractivity contribution in [3.05, 3.63) is 23.8 Å². The van der Waals surface area contributed by atoms with Gasteiger partial charge in [-0.3, -0.25) is 4.79 Å². The van der Waals surface area contributed by atoms with E-state index in [0.717, 1.165) is 18.4 Å². The maximum atomic E-state index is 11.6. The van der Waals surface area contributed by atoms with E-state index in [2.05, 4.69) is 12.2 Å². The lowest BCUT2D eigenvalue weighted by atomic mass is 10.1. The summed E-state index contributed by atoms with van der Waals surface area (Å²) in [5.74, 6) is -0.148. The number of unbranched alkanes of at least 4 members (excludes halogenated alkanes) is 5. The SMILES string of the molecule is CCCCCCCCC(=O)NCCc1ccc(O)c(O)c1.